The lowest BCUT2D eigenvalue weighted by Crippen LogP contribution is -2.11. The SMILES string of the molecule is c1ccc(-c2ccc3c(sc4ccccc43)c2N(c2ccc(-c3ccc4oc5ccccc5c4c3)cc2)c2ccc3ccccc3c2)cc1. The van der Waals surface area contributed by atoms with Gasteiger partial charge in [-0.1, -0.05) is 127 Å². The molecule has 2 nitrogen and oxygen atoms in total. The van der Waals surface area contributed by atoms with Crippen LogP contribution in [0.15, 0.2) is 180 Å². The van der Waals surface area contributed by atoms with Gasteiger partial charge in [-0.05, 0) is 76.0 Å². The van der Waals surface area contributed by atoms with E-state index in [4.69, 9.17) is 4.42 Å². The van der Waals surface area contributed by atoms with Crippen LogP contribution in [0.3, 0.4) is 0 Å². The highest BCUT2D eigenvalue weighted by Gasteiger charge is 2.23. The van der Waals surface area contributed by atoms with Gasteiger partial charge in [0.1, 0.15) is 11.2 Å². The molecule has 10 rings (SSSR count). The average Bonchev–Trinajstić information content (AvgIpc) is 3.74. The van der Waals surface area contributed by atoms with Crippen molar-refractivity contribution < 1.29 is 4.42 Å². The molecule has 0 saturated heterocycles. The number of benzene rings is 8. The molecule has 0 aliphatic carbocycles. The van der Waals surface area contributed by atoms with Gasteiger partial charge in [-0.15, -0.1) is 11.3 Å². The van der Waals surface area contributed by atoms with E-state index in [-0.39, 0.29) is 0 Å². The van der Waals surface area contributed by atoms with Gasteiger partial charge in [0.25, 0.3) is 0 Å². The molecule has 0 amide bonds. The summed E-state index contributed by atoms with van der Waals surface area (Å²) in [4.78, 5) is 2.46. The fourth-order valence-corrected chi connectivity index (χ4v) is 8.52. The highest BCUT2D eigenvalue weighted by molar-refractivity contribution is 7.26. The maximum atomic E-state index is 6.12. The summed E-state index contributed by atoms with van der Waals surface area (Å²) in [5.74, 6) is 0. The molecule has 0 saturated carbocycles. The van der Waals surface area contributed by atoms with E-state index in [0.29, 0.717) is 0 Å². The molecule has 0 N–H and O–H groups in total. The van der Waals surface area contributed by atoms with Crippen molar-refractivity contribution >= 4 is 81.3 Å². The van der Waals surface area contributed by atoms with Gasteiger partial charge in [0.15, 0.2) is 0 Å². The van der Waals surface area contributed by atoms with Crippen molar-refractivity contribution in [1.82, 2.24) is 0 Å². The van der Waals surface area contributed by atoms with Gasteiger partial charge in [0.05, 0.1) is 10.4 Å². The summed E-state index contributed by atoms with van der Waals surface area (Å²) in [6.07, 6.45) is 0. The predicted molar refractivity (Wildman–Crippen MR) is 210 cm³/mol. The molecule has 0 bridgehead atoms. The number of fused-ring (bicyclic) bond motifs is 7. The van der Waals surface area contributed by atoms with Crippen molar-refractivity contribution in [3.63, 3.8) is 0 Å². The minimum Gasteiger partial charge on any atom is -0.456 e. The third kappa shape index (κ3) is 4.62. The normalized spacial score (nSPS) is 11.7. The van der Waals surface area contributed by atoms with Gasteiger partial charge < -0.3 is 9.32 Å². The summed E-state index contributed by atoms with van der Waals surface area (Å²) in [6.45, 7) is 0. The maximum absolute atomic E-state index is 6.12. The van der Waals surface area contributed by atoms with Crippen LogP contribution in [0.5, 0.6) is 0 Å². The van der Waals surface area contributed by atoms with Crippen LogP contribution < -0.4 is 4.90 Å². The highest BCUT2D eigenvalue weighted by atomic mass is 32.1. The number of para-hydroxylation sites is 1. The third-order valence-electron chi connectivity index (χ3n) is 9.66. The van der Waals surface area contributed by atoms with Gasteiger partial charge in [0, 0.05) is 43.2 Å². The van der Waals surface area contributed by atoms with Crippen LogP contribution in [0.1, 0.15) is 0 Å². The Morgan fingerprint density at radius 2 is 1.10 bits per heavy atom. The van der Waals surface area contributed by atoms with Crippen LogP contribution in [0.4, 0.5) is 17.1 Å². The number of thiophene rings is 1. The van der Waals surface area contributed by atoms with Crippen LogP contribution >= 0.6 is 11.3 Å². The quantitative estimate of drug-likeness (QED) is 0.186. The largest absolute Gasteiger partial charge is 0.456 e. The zero-order valence-corrected chi connectivity index (χ0v) is 27.3. The molecule has 0 aliphatic rings. The lowest BCUT2D eigenvalue weighted by molar-refractivity contribution is 0.669. The van der Waals surface area contributed by atoms with E-state index in [0.717, 1.165) is 38.9 Å². The number of rotatable bonds is 5. The van der Waals surface area contributed by atoms with Crippen molar-refractivity contribution in [2.45, 2.75) is 0 Å². The number of nitrogens with zero attached hydrogens (tertiary/aromatic N) is 1. The maximum Gasteiger partial charge on any atom is 0.135 e. The molecule has 0 atom stereocenters. The summed E-state index contributed by atoms with van der Waals surface area (Å²) in [5.41, 5.74) is 9.98. The zero-order valence-electron chi connectivity index (χ0n) is 26.5. The Morgan fingerprint density at radius 3 is 1.98 bits per heavy atom. The van der Waals surface area contributed by atoms with E-state index in [1.54, 1.807) is 0 Å². The van der Waals surface area contributed by atoms with Crippen molar-refractivity contribution in [2.24, 2.45) is 0 Å². The van der Waals surface area contributed by atoms with Crippen molar-refractivity contribution in [3.05, 3.63) is 176 Å². The second-order valence-corrected chi connectivity index (χ2v) is 13.6. The Bertz CT molecular complexity index is 2830. The van der Waals surface area contributed by atoms with Crippen LogP contribution in [0.2, 0.25) is 0 Å². The molecule has 0 aliphatic heterocycles. The third-order valence-corrected chi connectivity index (χ3v) is 10.8. The van der Waals surface area contributed by atoms with Gasteiger partial charge >= 0.3 is 0 Å². The number of furan rings is 1. The molecule has 0 radical (unpaired) electrons. The smallest absolute Gasteiger partial charge is 0.135 e. The van der Waals surface area contributed by atoms with Crippen LogP contribution in [-0.2, 0) is 0 Å². The predicted octanol–water partition coefficient (Wildman–Crippen LogP) is 13.9. The Kier molecular flexibility index (Phi) is 6.39. The van der Waals surface area contributed by atoms with Crippen LogP contribution in [0, 0.1) is 0 Å². The number of hydrogen-bond acceptors (Lipinski definition) is 3. The Hall–Kier alpha value is -6.16. The molecular weight excluding hydrogens is 615 g/mol. The molecule has 230 valence electrons. The fourth-order valence-electron chi connectivity index (χ4n) is 7.28. The molecular formula is C46H29NOS. The molecule has 8 aromatic carbocycles. The zero-order chi connectivity index (χ0) is 32.3. The van der Waals surface area contributed by atoms with E-state index < -0.39 is 0 Å². The van der Waals surface area contributed by atoms with Gasteiger partial charge in [-0.2, -0.15) is 0 Å². The topological polar surface area (TPSA) is 16.4 Å². The molecule has 3 heteroatoms. The number of anilines is 3. The summed E-state index contributed by atoms with van der Waals surface area (Å²) in [6, 6.07) is 63.4. The van der Waals surface area contributed by atoms with Gasteiger partial charge in [0.2, 0.25) is 0 Å². The van der Waals surface area contributed by atoms with Crippen molar-refractivity contribution in [1.29, 1.82) is 0 Å². The fraction of sp³-hybridized carbons (Fsp3) is 0. The van der Waals surface area contributed by atoms with E-state index in [1.807, 2.05) is 23.5 Å². The lowest BCUT2D eigenvalue weighted by atomic mass is 9.98. The summed E-state index contributed by atoms with van der Waals surface area (Å²) in [7, 11) is 0. The molecule has 10 aromatic rings. The first-order valence-electron chi connectivity index (χ1n) is 16.6. The molecule has 49 heavy (non-hydrogen) atoms. The molecule has 0 unspecified atom stereocenters. The summed E-state index contributed by atoms with van der Waals surface area (Å²) >= 11 is 1.87. The highest BCUT2D eigenvalue weighted by Crippen LogP contribution is 2.50. The van der Waals surface area contributed by atoms with Crippen LogP contribution in [-0.4, -0.2) is 0 Å². The van der Waals surface area contributed by atoms with Gasteiger partial charge in [-0.3, -0.25) is 0 Å². The first-order valence-corrected chi connectivity index (χ1v) is 17.4. The van der Waals surface area contributed by atoms with Crippen molar-refractivity contribution in [2.75, 3.05) is 4.90 Å². The Labute approximate surface area is 287 Å². The first-order chi connectivity index (χ1) is 24.3. The second-order valence-electron chi connectivity index (χ2n) is 12.5. The molecule has 2 aromatic heterocycles. The monoisotopic (exact) mass is 643 g/mol. The Morgan fingerprint density at radius 1 is 0.408 bits per heavy atom. The van der Waals surface area contributed by atoms with E-state index in [2.05, 4.69) is 169 Å². The minimum atomic E-state index is 0.911. The summed E-state index contributed by atoms with van der Waals surface area (Å²) < 4.78 is 8.69. The second kappa shape index (κ2) is 11.2. The van der Waals surface area contributed by atoms with E-state index >= 15 is 0 Å². The lowest BCUT2D eigenvalue weighted by Gasteiger charge is -2.29. The number of hydrogen-bond donors (Lipinski definition) is 0. The van der Waals surface area contributed by atoms with Crippen LogP contribution in [0.25, 0.3) is 75.1 Å². The minimum absolute atomic E-state index is 0.911. The first kappa shape index (κ1) is 27.9. The molecule has 2 heterocycles. The Balaban J connectivity index is 1.20. The van der Waals surface area contributed by atoms with Crippen molar-refractivity contribution in [3.8, 4) is 22.3 Å². The standard InChI is InChI=1S/C46H29NOS/c1-2-11-32(12-3-1)37-25-26-40-39-15-7-9-17-44(39)49-46(40)45(37)47(36-24-20-30-10-4-5-13-33(30)28-36)35-22-18-31(19-23-35)34-21-27-43-41(29-34)38-14-6-8-16-42(38)48-43/h1-29H. The van der Waals surface area contributed by atoms with Gasteiger partial charge in [-0.25, -0.2) is 0 Å². The van der Waals surface area contributed by atoms with E-state index in [1.165, 1.54) is 53.3 Å². The molecule has 0 fully saturated rings. The molecule has 0 spiro atoms. The summed E-state index contributed by atoms with van der Waals surface area (Å²) in [5, 5.41) is 7.29. The van der Waals surface area contributed by atoms with E-state index in [9.17, 15) is 0 Å². The average molecular weight is 644 g/mol.